The van der Waals surface area contributed by atoms with E-state index in [1.807, 2.05) is 41.5 Å². The molecule has 6 N–H and O–H groups in total. The highest BCUT2D eigenvalue weighted by Gasteiger charge is 2.46. The molecule has 0 radical (unpaired) electrons. The van der Waals surface area contributed by atoms with Gasteiger partial charge in [0.1, 0.15) is 18.2 Å². The van der Waals surface area contributed by atoms with Crippen LogP contribution >= 0.6 is 0 Å². The average Bonchev–Trinajstić information content (AvgIpc) is 0.828. The SMILES string of the molecule is CC(C)CC(=O)CCC1(C)CC(NC(=O)C(C)C)CC(C)(C)C1.CC(C)OC(=O)NCC1(C)CC(NC(=O)C(C)C)CC(C)(C)C1.COCCCC(=O)CCC1(C)CC(NC(=O)CCOC)CC(C)(C)C1.COCCCC(=O)NC1CC(C)(C)CC(C)(CNC(=O)OCCOC)C1. The number of carbonyl (C=O) groups is 8. The minimum atomic E-state index is -0.424. The van der Waals surface area contributed by atoms with E-state index < -0.39 is 6.09 Å². The number of amides is 6. The Morgan fingerprint density at radius 1 is 0.381 bits per heavy atom. The number of Topliss-reactive ketones (excluding diaryl/α,β-unsaturated/α-hetero) is 2. The molecule has 4 rings (SSSR count). The molecule has 0 spiro atoms. The Bertz CT molecular complexity index is 2310. The van der Waals surface area contributed by atoms with Gasteiger partial charge in [0.2, 0.25) is 23.6 Å². The van der Waals surface area contributed by atoms with E-state index in [9.17, 15) is 38.4 Å². The molecular weight excluding hydrogens is 1230 g/mol. The van der Waals surface area contributed by atoms with Crippen LogP contribution in [0.3, 0.4) is 0 Å². The van der Waals surface area contributed by atoms with Crippen LogP contribution in [0.4, 0.5) is 9.59 Å². The van der Waals surface area contributed by atoms with Gasteiger partial charge in [0, 0.05) is 129 Å². The van der Waals surface area contributed by atoms with Crippen molar-refractivity contribution < 1.29 is 66.8 Å². The molecule has 20 heteroatoms. The number of nitrogens with one attached hydrogen (secondary N) is 6. The van der Waals surface area contributed by atoms with Gasteiger partial charge < -0.3 is 60.3 Å². The number of carbonyl (C=O) groups excluding carboxylic acids is 8. The summed E-state index contributed by atoms with van der Waals surface area (Å²) in [6.07, 6.45) is 17.7. The van der Waals surface area contributed by atoms with Crippen LogP contribution < -0.4 is 31.9 Å². The molecule has 0 heterocycles. The smallest absolute Gasteiger partial charge is 0.407 e. The second-order valence-electron chi connectivity index (χ2n) is 35.4. The molecule has 8 unspecified atom stereocenters. The number of alkyl carbamates (subject to hydrolysis) is 2. The average molecular weight is 1380 g/mol. The summed E-state index contributed by atoms with van der Waals surface area (Å²) in [6.45, 7) is 45.9. The summed E-state index contributed by atoms with van der Waals surface area (Å²) < 4.78 is 30.1. The Morgan fingerprint density at radius 3 is 1.11 bits per heavy atom. The second kappa shape index (κ2) is 42.8. The van der Waals surface area contributed by atoms with Crippen molar-refractivity contribution >= 4 is 47.4 Å². The molecule has 4 aliphatic rings. The van der Waals surface area contributed by atoms with Crippen LogP contribution in [-0.4, -0.2) is 152 Å². The first-order chi connectivity index (χ1) is 44.7. The van der Waals surface area contributed by atoms with Gasteiger partial charge in [-0.2, -0.15) is 0 Å². The summed E-state index contributed by atoms with van der Waals surface area (Å²) in [4.78, 5) is 96.0. The van der Waals surface area contributed by atoms with Gasteiger partial charge in [0.15, 0.2) is 0 Å². The number of hydrogen-bond donors (Lipinski definition) is 6. The number of methoxy groups -OCH3 is 4. The normalized spacial score (nSPS) is 26.1. The lowest BCUT2D eigenvalue weighted by atomic mass is 9.61. The highest BCUT2D eigenvalue weighted by molar-refractivity contribution is 5.80. The molecule has 20 nitrogen and oxygen atoms in total. The van der Waals surface area contributed by atoms with Crippen LogP contribution in [0.5, 0.6) is 0 Å². The molecule has 4 aliphatic carbocycles. The van der Waals surface area contributed by atoms with Crippen LogP contribution in [0.1, 0.15) is 280 Å². The summed E-state index contributed by atoms with van der Waals surface area (Å²) in [7, 11) is 6.48. The predicted molar refractivity (Wildman–Crippen MR) is 388 cm³/mol. The summed E-state index contributed by atoms with van der Waals surface area (Å²) in [6, 6.07) is 0.687. The van der Waals surface area contributed by atoms with Crippen molar-refractivity contribution in [2.45, 2.75) is 310 Å². The third kappa shape index (κ3) is 40.6. The molecule has 4 fully saturated rings. The third-order valence-corrected chi connectivity index (χ3v) is 19.2. The van der Waals surface area contributed by atoms with Crippen molar-refractivity contribution in [1.82, 2.24) is 31.9 Å². The first kappa shape index (κ1) is 90.6. The zero-order valence-electron chi connectivity index (χ0n) is 65.8. The fourth-order valence-electron chi connectivity index (χ4n) is 16.6. The molecule has 0 aromatic rings. The quantitative estimate of drug-likeness (QED) is 0.0334. The molecule has 0 bridgehead atoms. The summed E-state index contributed by atoms with van der Waals surface area (Å²) in [5, 5.41) is 18.5. The first-order valence-corrected chi connectivity index (χ1v) is 36.8. The van der Waals surface area contributed by atoms with Gasteiger partial charge in [-0.3, -0.25) is 28.8 Å². The maximum absolute atomic E-state index is 12.2. The highest BCUT2D eigenvalue weighted by Crippen LogP contribution is 2.51. The molecule has 0 saturated heterocycles. The Hall–Kier alpha value is -4.40. The molecule has 8 atom stereocenters. The largest absolute Gasteiger partial charge is 0.447 e. The highest BCUT2D eigenvalue weighted by atomic mass is 16.6. The summed E-state index contributed by atoms with van der Waals surface area (Å²) >= 11 is 0. The fraction of sp³-hybridized carbons (Fsp3) is 0.896. The lowest BCUT2D eigenvalue weighted by molar-refractivity contribution is -0.126. The molecule has 4 saturated carbocycles. The molecular formula is C77H144N6O14. The predicted octanol–water partition coefficient (Wildman–Crippen LogP) is 14.2. The van der Waals surface area contributed by atoms with Gasteiger partial charge in [-0.15, -0.1) is 0 Å². The monoisotopic (exact) mass is 1380 g/mol. The van der Waals surface area contributed by atoms with Gasteiger partial charge in [0.25, 0.3) is 0 Å². The van der Waals surface area contributed by atoms with E-state index in [4.69, 9.17) is 28.4 Å². The lowest BCUT2D eigenvalue weighted by Crippen LogP contribution is -2.51. The number of ether oxygens (including phenoxy) is 6. The van der Waals surface area contributed by atoms with Crippen molar-refractivity contribution in [3.63, 3.8) is 0 Å². The van der Waals surface area contributed by atoms with Gasteiger partial charge >= 0.3 is 12.2 Å². The van der Waals surface area contributed by atoms with Crippen molar-refractivity contribution in [2.75, 3.05) is 74.6 Å². The molecule has 566 valence electrons. The first-order valence-electron chi connectivity index (χ1n) is 36.8. The Labute approximate surface area is 589 Å². The Kier molecular flexibility index (Phi) is 39.9. The summed E-state index contributed by atoms with van der Waals surface area (Å²) in [5.74, 6) is 1.53. The van der Waals surface area contributed by atoms with E-state index in [0.29, 0.717) is 95.5 Å². The minimum Gasteiger partial charge on any atom is -0.447 e. The molecule has 0 aromatic heterocycles. The van der Waals surface area contributed by atoms with E-state index >= 15 is 0 Å². The Morgan fingerprint density at radius 2 is 0.732 bits per heavy atom. The maximum atomic E-state index is 12.2. The number of hydrogen-bond acceptors (Lipinski definition) is 14. The number of rotatable bonds is 33. The minimum absolute atomic E-state index is 0.00885. The maximum Gasteiger partial charge on any atom is 0.407 e. The van der Waals surface area contributed by atoms with Crippen LogP contribution in [-0.2, 0) is 57.2 Å². The van der Waals surface area contributed by atoms with Crippen molar-refractivity contribution in [3.05, 3.63) is 0 Å². The molecule has 0 aromatic carbocycles. The van der Waals surface area contributed by atoms with E-state index in [-0.39, 0.29) is 122 Å². The van der Waals surface area contributed by atoms with E-state index in [2.05, 4.69) is 129 Å². The second-order valence-corrected chi connectivity index (χ2v) is 35.4. The third-order valence-electron chi connectivity index (χ3n) is 19.2. The van der Waals surface area contributed by atoms with Crippen LogP contribution in [0.25, 0.3) is 0 Å². The lowest BCUT2D eigenvalue weighted by Gasteiger charge is -2.47. The fourth-order valence-corrected chi connectivity index (χ4v) is 16.6. The van der Waals surface area contributed by atoms with E-state index in [1.165, 1.54) is 0 Å². The standard InChI is InChI=1S/C20H37NO4.C20H37NO2.C19H36N2O5.C18H34N2O3/c1-19(2)13-16(21-18(23)9-12-25-5)14-20(3,15-19)10-8-17(22)7-6-11-24-4;1-14(2)10-17(22)8-9-20(7)12-16(11-19(5,6)13-20)21-18(23)15(3)4;1-18(2)11-15(21-16(22)7-6-8-24-4)12-19(3,13-18)14-20-17(23)26-10-9-25-5;1-12(2)15(21)20-14-8-17(5,6)10-18(7,9-14)11-19-16(22)23-13(3)4/h16H,6-15H2,1-5H3,(H,21,23);14-16H,8-13H2,1-7H3,(H,21,23);15H,6-14H2,1-5H3,(H,20,23)(H,21,22);12-14H,8-11H2,1-7H3,(H,19,22)(H,20,21). The van der Waals surface area contributed by atoms with Crippen molar-refractivity contribution in [3.8, 4) is 0 Å². The zero-order valence-corrected chi connectivity index (χ0v) is 65.8. The van der Waals surface area contributed by atoms with Crippen LogP contribution in [0, 0.1) is 61.1 Å². The molecule has 6 amide bonds. The van der Waals surface area contributed by atoms with Gasteiger partial charge in [-0.1, -0.05) is 125 Å². The number of ketones is 2. The van der Waals surface area contributed by atoms with Crippen LogP contribution in [0.15, 0.2) is 0 Å². The van der Waals surface area contributed by atoms with Gasteiger partial charge in [-0.25, -0.2) is 9.59 Å². The van der Waals surface area contributed by atoms with Gasteiger partial charge in [-0.05, 0) is 166 Å². The van der Waals surface area contributed by atoms with Crippen molar-refractivity contribution in [2.24, 2.45) is 61.1 Å². The van der Waals surface area contributed by atoms with E-state index in [1.54, 1.807) is 28.4 Å². The van der Waals surface area contributed by atoms with Crippen LogP contribution in [0.2, 0.25) is 0 Å². The Balaban J connectivity index is 0.000000647. The summed E-state index contributed by atoms with van der Waals surface area (Å²) in [5.41, 5.74) is 0.708. The molecule has 97 heavy (non-hydrogen) atoms. The topological polar surface area (TPSA) is 264 Å². The van der Waals surface area contributed by atoms with E-state index in [0.717, 1.165) is 103 Å². The zero-order chi connectivity index (χ0) is 74.2. The molecule has 0 aliphatic heterocycles. The van der Waals surface area contributed by atoms with Gasteiger partial charge in [0.05, 0.1) is 19.3 Å². The van der Waals surface area contributed by atoms with Crippen molar-refractivity contribution in [1.29, 1.82) is 0 Å².